The summed E-state index contributed by atoms with van der Waals surface area (Å²) in [5, 5.41) is 3.77. The first kappa shape index (κ1) is 14.1. The van der Waals surface area contributed by atoms with Crippen molar-refractivity contribution in [1.82, 2.24) is 0 Å². The highest BCUT2D eigenvalue weighted by Crippen LogP contribution is 2.35. The van der Waals surface area contributed by atoms with Crippen molar-refractivity contribution >= 4 is 33.6 Å². The molecule has 0 spiro atoms. The molecule has 3 rings (SSSR count). The predicted molar refractivity (Wildman–Crippen MR) is 85.0 cm³/mol. The van der Waals surface area contributed by atoms with Crippen LogP contribution >= 0.6 is 0 Å². The molecule has 0 saturated carbocycles. The number of aldehydes is 1. The largest absolute Gasteiger partial charge is 0.497 e. The molecule has 0 aliphatic carbocycles. The number of carbonyl (C=O) groups is 2. The van der Waals surface area contributed by atoms with Crippen LogP contribution in [0.3, 0.4) is 0 Å². The molecule has 3 aromatic rings. The molecular weight excluding hydrogens is 280 g/mol. The third-order valence-corrected chi connectivity index (χ3v) is 3.71. The first-order chi connectivity index (χ1) is 10.7. The smallest absolute Gasteiger partial charge is 0.225 e. The average molecular weight is 294 g/mol. The minimum atomic E-state index is -0.560. The van der Waals surface area contributed by atoms with E-state index >= 15 is 0 Å². The summed E-state index contributed by atoms with van der Waals surface area (Å²) in [5.74, 6) is 0.784. The summed E-state index contributed by atoms with van der Waals surface area (Å²) in [4.78, 5) is 22.4. The van der Waals surface area contributed by atoms with Gasteiger partial charge in [-0.2, -0.15) is 0 Å². The molecular formula is C18H14O4. The molecule has 4 heteroatoms. The highest BCUT2D eigenvalue weighted by atomic mass is 16.5. The van der Waals surface area contributed by atoms with Crippen molar-refractivity contribution in [3.8, 4) is 11.5 Å². The number of benzene rings is 3. The van der Waals surface area contributed by atoms with Gasteiger partial charge in [0.25, 0.3) is 0 Å². The third kappa shape index (κ3) is 2.19. The van der Waals surface area contributed by atoms with Crippen LogP contribution < -0.4 is 9.47 Å². The Labute approximate surface area is 127 Å². The van der Waals surface area contributed by atoms with Crippen LogP contribution in [0, 0.1) is 0 Å². The Balaban J connectivity index is 2.37. The minimum absolute atomic E-state index is 0.312. The first-order valence-corrected chi connectivity index (χ1v) is 6.76. The topological polar surface area (TPSA) is 52.6 Å². The van der Waals surface area contributed by atoms with Gasteiger partial charge in [0.2, 0.25) is 5.78 Å². The monoisotopic (exact) mass is 294 g/mol. The molecule has 0 aliphatic heterocycles. The van der Waals surface area contributed by atoms with Crippen molar-refractivity contribution in [2.24, 2.45) is 0 Å². The molecule has 0 bridgehead atoms. The molecule has 0 aromatic heterocycles. The Kier molecular flexibility index (Phi) is 3.51. The van der Waals surface area contributed by atoms with Gasteiger partial charge in [-0.15, -0.1) is 0 Å². The molecule has 0 radical (unpaired) electrons. The lowest BCUT2D eigenvalue weighted by atomic mass is 9.98. The van der Waals surface area contributed by atoms with Gasteiger partial charge in [-0.1, -0.05) is 12.1 Å². The van der Waals surface area contributed by atoms with Crippen LogP contribution in [-0.4, -0.2) is 26.3 Å². The standard InChI is InChI=1S/C18H14O4/c1-21-14-5-6-15-11(8-14)3-4-12-7-13(16(20)10-19)9-17(22-2)18(12)15/h3-10H,1-2H3. The molecule has 0 heterocycles. The molecule has 0 atom stereocenters. The molecule has 3 aromatic carbocycles. The van der Waals surface area contributed by atoms with Gasteiger partial charge in [0, 0.05) is 10.9 Å². The number of methoxy groups -OCH3 is 2. The van der Waals surface area contributed by atoms with Crippen LogP contribution in [0.1, 0.15) is 10.4 Å². The lowest BCUT2D eigenvalue weighted by Crippen LogP contribution is -2.00. The lowest BCUT2D eigenvalue weighted by molar-refractivity contribution is -0.104. The Bertz CT molecular complexity index is 896. The molecule has 110 valence electrons. The van der Waals surface area contributed by atoms with Gasteiger partial charge in [-0.3, -0.25) is 9.59 Å². The molecule has 22 heavy (non-hydrogen) atoms. The predicted octanol–water partition coefficient (Wildman–Crippen LogP) is 3.39. The molecule has 0 saturated heterocycles. The number of ketones is 1. The Morgan fingerprint density at radius 1 is 0.955 bits per heavy atom. The van der Waals surface area contributed by atoms with Gasteiger partial charge >= 0.3 is 0 Å². The molecule has 0 N–H and O–H groups in total. The number of fused-ring (bicyclic) bond motifs is 3. The fraction of sp³-hybridized carbons (Fsp3) is 0.111. The van der Waals surface area contributed by atoms with Crippen LogP contribution in [0.2, 0.25) is 0 Å². The lowest BCUT2D eigenvalue weighted by Gasteiger charge is -2.11. The van der Waals surface area contributed by atoms with E-state index in [0.717, 1.165) is 27.3 Å². The van der Waals surface area contributed by atoms with Gasteiger partial charge in [-0.05, 0) is 46.5 Å². The second-order valence-electron chi connectivity index (χ2n) is 4.91. The molecule has 0 fully saturated rings. The van der Waals surface area contributed by atoms with Gasteiger partial charge < -0.3 is 9.47 Å². The van der Waals surface area contributed by atoms with E-state index in [1.807, 2.05) is 30.3 Å². The number of Topliss-reactive ketones (excluding diaryl/α,β-unsaturated/α-hetero) is 1. The SMILES string of the molecule is COc1ccc2c(ccc3cc(C(=O)C=O)cc(OC)c32)c1. The maximum atomic E-state index is 11.6. The van der Waals surface area contributed by atoms with Crippen LogP contribution in [0.15, 0.2) is 42.5 Å². The average Bonchev–Trinajstić information content (AvgIpc) is 2.58. The third-order valence-electron chi connectivity index (χ3n) is 3.71. The van der Waals surface area contributed by atoms with Gasteiger partial charge in [-0.25, -0.2) is 0 Å². The van der Waals surface area contributed by atoms with Crippen molar-refractivity contribution < 1.29 is 19.1 Å². The Morgan fingerprint density at radius 3 is 2.41 bits per heavy atom. The normalized spacial score (nSPS) is 10.6. The fourth-order valence-electron chi connectivity index (χ4n) is 2.64. The summed E-state index contributed by atoms with van der Waals surface area (Å²) < 4.78 is 10.7. The van der Waals surface area contributed by atoms with E-state index in [4.69, 9.17) is 9.47 Å². The summed E-state index contributed by atoms with van der Waals surface area (Å²) in [6.07, 6.45) is 0.312. The van der Waals surface area contributed by atoms with E-state index in [1.165, 1.54) is 0 Å². The first-order valence-electron chi connectivity index (χ1n) is 6.76. The van der Waals surface area contributed by atoms with Crippen LogP contribution in [0.25, 0.3) is 21.5 Å². The highest BCUT2D eigenvalue weighted by Gasteiger charge is 2.12. The van der Waals surface area contributed by atoms with E-state index in [9.17, 15) is 9.59 Å². The molecule has 0 aliphatic rings. The zero-order valence-corrected chi connectivity index (χ0v) is 12.3. The van der Waals surface area contributed by atoms with Crippen molar-refractivity contribution in [2.75, 3.05) is 14.2 Å². The fourth-order valence-corrected chi connectivity index (χ4v) is 2.64. The van der Waals surface area contributed by atoms with E-state index in [0.29, 0.717) is 17.6 Å². The Morgan fingerprint density at radius 2 is 1.73 bits per heavy atom. The van der Waals surface area contributed by atoms with Crippen molar-refractivity contribution in [3.63, 3.8) is 0 Å². The molecule has 4 nitrogen and oxygen atoms in total. The maximum absolute atomic E-state index is 11.6. The summed E-state index contributed by atoms with van der Waals surface area (Å²) in [5.41, 5.74) is 0.326. The second-order valence-corrected chi connectivity index (χ2v) is 4.91. The minimum Gasteiger partial charge on any atom is -0.497 e. The Hall–Kier alpha value is -2.88. The summed E-state index contributed by atoms with van der Waals surface area (Å²) in [6.45, 7) is 0. The van der Waals surface area contributed by atoms with Crippen molar-refractivity contribution in [1.29, 1.82) is 0 Å². The summed E-state index contributed by atoms with van der Waals surface area (Å²) in [6, 6.07) is 12.9. The van der Waals surface area contributed by atoms with Crippen LogP contribution in [0.5, 0.6) is 11.5 Å². The number of ether oxygens (including phenoxy) is 2. The number of rotatable bonds is 4. The highest BCUT2D eigenvalue weighted by molar-refractivity contribution is 6.34. The van der Waals surface area contributed by atoms with Crippen LogP contribution in [0.4, 0.5) is 0 Å². The quantitative estimate of drug-likeness (QED) is 0.320. The number of hydrogen-bond acceptors (Lipinski definition) is 4. The van der Waals surface area contributed by atoms with Crippen LogP contribution in [-0.2, 0) is 4.79 Å². The maximum Gasteiger partial charge on any atom is 0.225 e. The van der Waals surface area contributed by atoms with Gasteiger partial charge in [0.1, 0.15) is 11.5 Å². The van der Waals surface area contributed by atoms with E-state index in [-0.39, 0.29) is 0 Å². The number of hydrogen-bond donors (Lipinski definition) is 0. The molecule has 0 amide bonds. The summed E-state index contributed by atoms with van der Waals surface area (Å²) in [7, 11) is 3.17. The zero-order valence-electron chi connectivity index (χ0n) is 12.3. The number of carbonyl (C=O) groups excluding carboxylic acids is 2. The second kappa shape index (κ2) is 5.48. The summed E-state index contributed by atoms with van der Waals surface area (Å²) >= 11 is 0. The van der Waals surface area contributed by atoms with E-state index < -0.39 is 5.78 Å². The van der Waals surface area contributed by atoms with Crippen molar-refractivity contribution in [2.45, 2.75) is 0 Å². The van der Waals surface area contributed by atoms with E-state index in [2.05, 4.69) is 0 Å². The van der Waals surface area contributed by atoms with Gasteiger partial charge in [0.15, 0.2) is 6.29 Å². The van der Waals surface area contributed by atoms with Crippen molar-refractivity contribution in [3.05, 3.63) is 48.0 Å². The van der Waals surface area contributed by atoms with E-state index in [1.54, 1.807) is 26.4 Å². The molecule has 0 unspecified atom stereocenters. The zero-order chi connectivity index (χ0) is 15.7. The van der Waals surface area contributed by atoms with Gasteiger partial charge in [0.05, 0.1) is 14.2 Å².